The predicted molar refractivity (Wildman–Crippen MR) is 75.5 cm³/mol. The third-order valence-electron chi connectivity index (χ3n) is 3.57. The number of carbonyl (C=O) groups is 3. The maximum atomic E-state index is 11.9. The monoisotopic (exact) mass is 290 g/mol. The highest BCUT2D eigenvalue weighted by Crippen LogP contribution is 2.22. The number of carboxylic acids is 1. The van der Waals surface area contributed by atoms with Gasteiger partial charge in [-0.25, -0.2) is 4.79 Å². The highest BCUT2D eigenvalue weighted by atomic mass is 16.4. The van der Waals surface area contributed by atoms with Gasteiger partial charge in [-0.2, -0.15) is 0 Å². The van der Waals surface area contributed by atoms with Crippen LogP contribution in [-0.2, 0) is 33.6 Å². The first-order valence-corrected chi connectivity index (χ1v) is 6.87. The molecule has 0 radical (unpaired) electrons. The summed E-state index contributed by atoms with van der Waals surface area (Å²) in [6.07, 6.45) is 2.90. The minimum Gasteiger partial charge on any atom is -0.480 e. The molecule has 0 saturated carbocycles. The van der Waals surface area contributed by atoms with Gasteiger partial charge in [-0.1, -0.05) is 18.2 Å². The zero-order chi connectivity index (χ0) is 15.4. The number of amides is 2. The minimum absolute atomic E-state index is 0.0931. The first-order valence-electron chi connectivity index (χ1n) is 6.87. The van der Waals surface area contributed by atoms with Crippen LogP contribution in [-0.4, -0.2) is 28.9 Å². The quantitative estimate of drug-likeness (QED) is 0.693. The van der Waals surface area contributed by atoms with Crippen LogP contribution in [0.5, 0.6) is 0 Å². The normalized spacial score (nSPS) is 14.3. The second-order valence-electron chi connectivity index (χ2n) is 5.26. The molecule has 2 rings (SSSR count). The summed E-state index contributed by atoms with van der Waals surface area (Å²) in [5.41, 5.74) is 8.38. The SMILES string of the molecule is NC(=O)C[C@@H](NC(=O)Cc1ccc2c(c1)CCC2)C(=O)O. The number of hydrogen-bond donors (Lipinski definition) is 3. The van der Waals surface area contributed by atoms with Crippen LogP contribution in [0.2, 0.25) is 0 Å². The first kappa shape index (κ1) is 15.0. The van der Waals surface area contributed by atoms with Crippen LogP contribution < -0.4 is 11.1 Å². The Morgan fingerprint density at radius 2 is 1.95 bits per heavy atom. The Morgan fingerprint density at radius 1 is 1.24 bits per heavy atom. The van der Waals surface area contributed by atoms with Crippen LogP contribution in [0.25, 0.3) is 0 Å². The van der Waals surface area contributed by atoms with Crippen molar-refractivity contribution in [1.29, 1.82) is 0 Å². The number of aliphatic carboxylic acids is 1. The summed E-state index contributed by atoms with van der Waals surface area (Å²) in [5, 5.41) is 11.3. The zero-order valence-corrected chi connectivity index (χ0v) is 11.6. The van der Waals surface area contributed by atoms with E-state index in [0.717, 1.165) is 24.8 Å². The number of benzene rings is 1. The molecule has 2 amide bonds. The summed E-state index contributed by atoms with van der Waals surface area (Å²) in [5.74, 6) is -2.46. The van der Waals surface area contributed by atoms with Gasteiger partial charge in [0.1, 0.15) is 6.04 Å². The highest BCUT2D eigenvalue weighted by molar-refractivity contribution is 5.88. The van der Waals surface area contributed by atoms with Gasteiger partial charge in [0.15, 0.2) is 0 Å². The molecule has 0 unspecified atom stereocenters. The molecule has 0 spiro atoms. The Morgan fingerprint density at radius 3 is 2.62 bits per heavy atom. The Balaban J connectivity index is 1.97. The van der Waals surface area contributed by atoms with Crippen molar-refractivity contribution in [2.75, 3.05) is 0 Å². The van der Waals surface area contributed by atoms with Crippen molar-refractivity contribution in [2.24, 2.45) is 5.73 Å². The summed E-state index contributed by atoms with van der Waals surface area (Å²) in [4.78, 5) is 33.6. The molecule has 6 nitrogen and oxygen atoms in total. The van der Waals surface area contributed by atoms with Gasteiger partial charge in [-0.15, -0.1) is 0 Å². The van der Waals surface area contributed by atoms with E-state index in [1.165, 1.54) is 11.1 Å². The number of primary amides is 1. The molecule has 0 aliphatic heterocycles. The third kappa shape index (κ3) is 4.05. The topological polar surface area (TPSA) is 109 Å². The van der Waals surface area contributed by atoms with Gasteiger partial charge in [0.05, 0.1) is 12.8 Å². The van der Waals surface area contributed by atoms with Crippen molar-refractivity contribution in [2.45, 2.75) is 38.1 Å². The summed E-state index contributed by atoms with van der Waals surface area (Å²) < 4.78 is 0. The molecule has 0 fully saturated rings. The van der Waals surface area contributed by atoms with Crippen LogP contribution in [0.3, 0.4) is 0 Å². The van der Waals surface area contributed by atoms with Crippen molar-refractivity contribution in [3.63, 3.8) is 0 Å². The van der Waals surface area contributed by atoms with Crippen molar-refractivity contribution in [1.82, 2.24) is 5.32 Å². The van der Waals surface area contributed by atoms with Crippen LogP contribution in [0.15, 0.2) is 18.2 Å². The van der Waals surface area contributed by atoms with Crippen LogP contribution in [0, 0.1) is 0 Å². The molecular weight excluding hydrogens is 272 g/mol. The van der Waals surface area contributed by atoms with Gasteiger partial charge in [0, 0.05) is 0 Å². The van der Waals surface area contributed by atoms with E-state index in [4.69, 9.17) is 10.8 Å². The lowest BCUT2D eigenvalue weighted by atomic mass is 10.0. The Kier molecular flexibility index (Phi) is 4.57. The number of nitrogens with two attached hydrogens (primary N) is 1. The maximum absolute atomic E-state index is 11.9. The molecule has 0 heterocycles. The molecule has 4 N–H and O–H groups in total. The summed E-state index contributed by atoms with van der Waals surface area (Å²) in [6, 6.07) is 4.62. The van der Waals surface area contributed by atoms with Gasteiger partial charge in [0.2, 0.25) is 11.8 Å². The number of fused-ring (bicyclic) bond motifs is 1. The van der Waals surface area contributed by atoms with Gasteiger partial charge in [-0.05, 0) is 36.0 Å². The standard InChI is InChI=1S/C15H18N2O4/c16-13(18)8-12(15(20)21)17-14(19)7-9-4-5-10-2-1-3-11(10)6-9/h4-6,12H,1-3,7-8H2,(H2,16,18)(H,17,19)(H,20,21)/t12-/m1/s1. The summed E-state index contributed by atoms with van der Waals surface area (Å²) in [6.45, 7) is 0. The van der Waals surface area contributed by atoms with E-state index < -0.39 is 30.2 Å². The van der Waals surface area contributed by atoms with Gasteiger partial charge in [0.25, 0.3) is 0 Å². The average Bonchev–Trinajstić information content (AvgIpc) is 2.84. The minimum atomic E-state index is -1.27. The van der Waals surface area contributed by atoms with E-state index in [2.05, 4.69) is 5.32 Å². The molecule has 112 valence electrons. The molecule has 1 aromatic carbocycles. The number of rotatable bonds is 6. The zero-order valence-electron chi connectivity index (χ0n) is 11.6. The van der Waals surface area contributed by atoms with E-state index in [9.17, 15) is 14.4 Å². The molecule has 6 heteroatoms. The van der Waals surface area contributed by atoms with Crippen molar-refractivity contribution in [3.8, 4) is 0 Å². The Bertz CT molecular complexity index is 583. The number of nitrogens with one attached hydrogen (secondary N) is 1. The molecule has 0 bridgehead atoms. The molecule has 1 atom stereocenters. The van der Waals surface area contributed by atoms with Crippen molar-refractivity contribution < 1.29 is 19.5 Å². The smallest absolute Gasteiger partial charge is 0.326 e. The van der Waals surface area contributed by atoms with E-state index >= 15 is 0 Å². The fraction of sp³-hybridized carbons (Fsp3) is 0.400. The van der Waals surface area contributed by atoms with Crippen LogP contribution in [0.1, 0.15) is 29.5 Å². The maximum Gasteiger partial charge on any atom is 0.326 e. The number of carbonyl (C=O) groups excluding carboxylic acids is 2. The lowest BCUT2D eigenvalue weighted by molar-refractivity contribution is -0.143. The molecule has 0 aromatic heterocycles. The van der Waals surface area contributed by atoms with E-state index in [1.54, 1.807) is 0 Å². The van der Waals surface area contributed by atoms with Gasteiger partial charge < -0.3 is 16.2 Å². The Labute approximate surface area is 122 Å². The third-order valence-corrected chi connectivity index (χ3v) is 3.57. The van der Waals surface area contributed by atoms with Gasteiger partial charge >= 0.3 is 5.97 Å². The molecule has 1 aliphatic rings. The van der Waals surface area contributed by atoms with Crippen molar-refractivity contribution in [3.05, 3.63) is 34.9 Å². The highest BCUT2D eigenvalue weighted by Gasteiger charge is 2.22. The van der Waals surface area contributed by atoms with E-state index in [-0.39, 0.29) is 6.42 Å². The first-order chi connectivity index (χ1) is 9.95. The van der Waals surface area contributed by atoms with E-state index in [1.807, 2.05) is 18.2 Å². The second kappa shape index (κ2) is 6.39. The summed E-state index contributed by atoms with van der Waals surface area (Å²) in [7, 11) is 0. The summed E-state index contributed by atoms with van der Waals surface area (Å²) >= 11 is 0. The molecular formula is C15H18N2O4. The largest absolute Gasteiger partial charge is 0.480 e. The Hall–Kier alpha value is -2.37. The lowest BCUT2D eigenvalue weighted by Gasteiger charge is -2.13. The predicted octanol–water partition coefficient (Wildman–Crippen LogP) is 0.163. The fourth-order valence-corrected chi connectivity index (χ4v) is 2.57. The van der Waals surface area contributed by atoms with Crippen molar-refractivity contribution >= 4 is 17.8 Å². The average molecular weight is 290 g/mol. The molecule has 21 heavy (non-hydrogen) atoms. The molecule has 1 aliphatic carbocycles. The number of aryl methyl sites for hydroxylation is 2. The molecule has 1 aromatic rings. The van der Waals surface area contributed by atoms with E-state index in [0.29, 0.717) is 0 Å². The lowest BCUT2D eigenvalue weighted by Crippen LogP contribution is -2.43. The van der Waals surface area contributed by atoms with Crippen LogP contribution in [0.4, 0.5) is 0 Å². The second-order valence-corrected chi connectivity index (χ2v) is 5.26. The number of carboxylic acid groups (broad SMARTS) is 1. The molecule has 0 saturated heterocycles. The number of hydrogen-bond acceptors (Lipinski definition) is 3. The van der Waals surface area contributed by atoms with Crippen LogP contribution >= 0.6 is 0 Å². The fourth-order valence-electron chi connectivity index (χ4n) is 2.57. The van der Waals surface area contributed by atoms with Gasteiger partial charge in [-0.3, -0.25) is 9.59 Å².